The maximum atomic E-state index is 8.20. The first-order valence-corrected chi connectivity index (χ1v) is 3.80. The van der Waals surface area contributed by atoms with Crippen molar-refractivity contribution in [3.8, 4) is 0 Å². The number of hydroxylamine groups is 1. The van der Waals surface area contributed by atoms with Crippen molar-refractivity contribution < 1.29 is 5.21 Å². The van der Waals surface area contributed by atoms with Gasteiger partial charge in [-0.1, -0.05) is 12.1 Å². The van der Waals surface area contributed by atoms with Crippen molar-refractivity contribution >= 4 is 28.0 Å². The molecule has 1 rings (SSSR count). The lowest BCUT2D eigenvalue weighted by atomic mass is 10.3. The molecule has 0 bridgehead atoms. The zero-order valence-electron chi connectivity index (χ0n) is 5.66. The van der Waals surface area contributed by atoms with Crippen LogP contribution in [0.3, 0.4) is 0 Å². The van der Waals surface area contributed by atoms with Gasteiger partial charge in [0, 0.05) is 4.47 Å². The van der Waals surface area contributed by atoms with Gasteiger partial charge < -0.3 is 0 Å². The second-order valence-electron chi connectivity index (χ2n) is 1.84. The molecule has 0 aromatic heterocycles. The number of hydrogen-bond acceptors (Lipinski definition) is 2. The smallest absolute Gasteiger partial charge is 0.113 e. The molecule has 0 aliphatic heterocycles. The van der Waals surface area contributed by atoms with Crippen molar-refractivity contribution in [2.75, 3.05) is 0 Å². The molecule has 0 spiro atoms. The van der Waals surface area contributed by atoms with Crippen molar-refractivity contribution in [1.82, 2.24) is 5.48 Å². The fourth-order valence-corrected chi connectivity index (χ4v) is 1.04. The Kier molecular flexibility index (Phi) is 3.07. The van der Waals surface area contributed by atoms with Crippen molar-refractivity contribution in [3.63, 3.8) is 0 Å². The van der Waals surface area contributed by atoms with Gasteiger partial charge in [-0.15, -0.1) is 0 Å². The first-order chi connectivity index (χ1) is 5.34. The number of para-hydroxylation sites is 1. The summed E-state index contributed by atoms with van der Waals surface area (Å²) in [5, 5.41) is 8.20. The number of halogens is 1. The first kappa shape index (κ1) is 8.23. The van der Waals surface area contributed by atoms with Crippen LogP contribution < -0.4 is 5.48 Å². The summed E-state index contributed by atoms with van der Waals surface area (Å²) in [5.41, 5.74) is 2.60. The molecule has 0 fully saturated rings. The third kappa shape index (κ3) is 2.32. The molecule has 1 aromatic rings. The normalized spacial score (nSPS) is 10.4. The molecule has 0 aliphatic carbocycles. The molecule has 11 heavy (non-hydrogen) atoms. The molecule has 4 heteroatoms. The van der Waals surface area contributed by atoms with Crippen LogP contribution in [0.5, 0.6) is 0 Å². The van der Waals surface area contributed by atoms with E-state index in [1.807, 2.05) is 29.7 Å². The van der Waals surface area contributed by atoms with Crippen LogP contribution in [0.2, 0.25) is 0 Å². The minimum absolute atomic E-state index is 0.772. The summed E-state index contributed by atoms with van der Waals surface area (Å²) in [4.78, 5) is 3.89. The van der Waals surface area contributed by atoms with E-state index < -0.39 is 0 Å². The van der Waals surface area contributed by atoms with Crippen LogP contribution in [0.15, 0.2) is 33.7 Å². The van der Waals surface area contributed by atoms with Gasteiger partial charge in [0.2, 0.25) is 0 Å². The topological polar surface area (TPSA) is 44.6 Å². The summed E-state index contributed by atoms with van der Waals surface area (Å²) in [5.74, 6) is 0. The zero-order chi connectivity index (χ0) is 8.10. The van der Waals surface area contributed by atoms with Gasteiger partial charge >= 0.3 is 0 Å². The number of rotatable bonds is 2. The van der Waals surface area contributed by atoms with Gasteiger partial charge in [0.1, 0.15) is 6.34 Å². The van der Waals surface area contributed by atoms with Gasteiger partial charge in [0.15, 0.2) is 0 Å². The maximum absolute atomic E-state index is 8.20. The van der Waals surface area contributed by atoms with E-state index in [-0.39, 0.29) is 0 Å². The summed E-state index contributed by atoms with van der Waals surface area (Å²) >= 11 is 3.30. The summed E-state index contributed by atoms with van der Waals surface area (Å²) < 4.78 is 0.895. The molecule has 0 aliphatic rings. The molecule has 0 unspecified atom stereocenters. The van der Waals surface area contributed by atoms with Crippen LogP contribution in [0, 0.1) is 0 Å². The fourth-order valence-electron chi connectivity index (χ4n) is 0.655. The van der Waals surface area contributed by atoms with Crippen LogP contribution in [0.25, 0.3) is 0 Å². The summed E-state index contributed by atoms with van der Waals surface area (Å²) in [6.07, 6.45) is 1.21. The number of nitrogens with one attached hydrogen (secondary N) is 1. The van der Waals surface area contributed by atoms with Gasteiger partial charge in [0.25, 0.3) is 0 Å². The van der Waals surface area contributed by atoms with Crippen LogP contribution in [0.4, 0.5) is 5.69 Å². The summed E-state index contributed by atoms with van der Waals surface area (Å²) in [6.45, 7) is 0. The number of aliphatic imine (C=N–C) groups is 1. The largest absolute Gasteiger partial charge is 0.290 e. The van der Waals surface area contributed by atoms with E-state index in [2.05, 4.69) is 20.9 Å². The lowest BCUT2D eigenvalue weighted by Gasteiger charge is -1.94. The van der Waals surface area contributed by atoms with Crippen molar-refractivity contribution in [2.45, 2.75) is 0 Å². The highest BCUT2D eigenvalue weighted by Gasteiger charge is 1.91. The van der Waals surface area contributed by atoms with Gasteiger partial charge in [-0.05, 0) is 28.1 Å². The number of nitrogens with zero attached hydrogens (tertiary/aromatic N) is 1. The van der Waals surface area contributed by atoms with E-state index in [0.29, 0.717) is 0 Å². The molecular weight excluding hydrogens is 208 g/mol. The van der Waals surface area contributed by atoms with E-state index in [4.69, 9.17) is 5.21 Å². The quantitative estimate of drug-likeness (QED) is 0.450. The Bertz CT molecular complexity index is 262. The van der Waals surface area contributed by atoms with E-state index >= 15 is 0 Å². The number of benzene rings is 1. The molecular formula is C7H7BrN2O. The molecule has 2 N–H and O–H groups in total. The monoisotopic (exact) mass is 214 g/mol. The van der Waals surface area contributed by atoms with Gasteiger partial charge in [0.05, 0.1) is 5.69 Å². The van der Waals surface area contributed by atoms with Crippen LogP contribution in [-0.2, 0) is 0 Å². The summed E-state index contributed by atoms with van der Waals surface area (Å²) in [7, 11) is 0. The average Bonchev–Trinajstić information content (AvgIpc) is 2.03. The third-order valence-corrected chi connectivity index (χ3v) is 1.78. The molecule has 0 heterocycles. The molecule has 0 saturated heterocycles. The lowest BCUT2D eigenvalue weighted by Crippen LogP contribution is -2.00. The average molecular weight is 215 g/mol. The molecule has 0 saturated carbocycles. The Morgan fingerprint density at radius 1 is 1.45 bits per heavy atom. The second-order valence-corrected chi connectivity index (χ2v) is 2.69. The van der Waals surface area contributed by atoms with E-state index in [1.54, 1.807) is 0 Å². The SMILES string of the molecule is ONC=Nc1ccccc1Br. The Morgan fingerprint density at radius 2 is 2.18 bits per heavy atom. The van der Waals surface area contributed by atoms with Crippen LogP contribution in [0.1, 0.15) is 0 Å². The number of hydrogen-bond donors (Lipinski definition) is 2. The Morgan fingerprint density at radius 3 is 2.82 bits per heavy atom. The van der Waals surface area contributed by atoms with Gasteiger partial charge in [-0.2, -0.15) is 0 Å². The Labute approximate surface area is 72.9 Å². The zero-order valence-corrected chi connectivity index (χ0v) is 7.25. The molecule has 1 aromatic carbocycles. The highest BCUT2D eigenvalue weighted by atomic mass is 79.9. The van der Waals surface area contributed by atoms with E-state index in [1.165, 1.54) is 6.34 Å². The molecule has 0 atom stereocenters. The second kappa shape index (κ2) is 4.10. The highest BCUT2D eigenvalue weighted by molar-refractivity contribution is 9.10. The molecule has 58 valence electrons. The van der Waals surface area contributed by atoms with Gasteiger partial charge in [-0.3, -0.25) is 10.7 Å². The predicted octanol–water partition coefficient (Wildman–Crippen LogP) is 2.09. The molecule has 3 nitrogen and oxygen atoms in total. The maximum Gasteiger partial charge on any atom is 0.113 e. The standard InChI is InChI=1S/C7H7BrN2O/c8-6-3-1-2-4-7(6)9-5-10-11/h1-5,11H,(H,9,10). The van der Waals surface area contributed by atoms with Gasteiger partial charge in [-0.25, -0.2) is 4.99 Å². The summed E-state index contributed by atoms with van der Waals surface area (Å²) in [6, 6.07) is 7.48. The van der Waals surface area contributed by atoms with Crippen LogP contribution in [-0.4, -0.2) is 11.5 Å². The minimum atomic E-state index is 0.772. The van der Waals surface area contributed by atoms with Crippen LogP contribution >= 0.6 is 15.9 Å². The fraction of sp³-hybridized carbons (Fsp3) is 0. The molecule has 0 amide bonds. The first-order valence-electron chi connectivity index (χ1n) is 3.01. The predicted molar refractivity (Wildman–Crippen MR) is 47.2 cm³/mol. The minimum Gasteiger partial charge on any atom is -0.290 e. The third-order valence-electron chi connectivity index (χ3n) is 1.11. The highest BCUT2D eigenvalue weighted by Crippen LogP contribution is 2.23. The van der Waals surface area contributed by atoms with E-state index in [9.17, 15) is 0 Å². The lowest BCUT2D eigenvalue weighted by molar-refractivity contribution is 0.240. The Balaban J connectivity index is 2.86. The Hall–Kier alpha value is -0.870. The van der Waals surface area contributed by atoms with Crippen molar-refractivity contribution in [3.05, 3.63) is 28.7 Å². The van der Waals surface area contributed by atoms with Crippen molar-refractivity contribution in [2.24, 2.45) is 4.99 Å². The molecule has 0 radical (unpaired) electrons. The van der Waals surface area contributed by atoms with E-state index in [0.717, 1.165) is 10.2 Å². The van der Waals surface area contributed by atoms with Crippen molar-refractivity contribution in [1.29, 1.82) is 0 Å².